The Morgan fingerprint density at radius 1 is 1.26 bits per heavy atom. The second-order valence-electron chi connectivity index (χ2n) is 7.16. The lowest BCUT2D eigenvalue weighted by molar-refractivity contribution is -0.157. The molecule has 6 nitrogen and oxygen atoms in total. The number of esters is 2. The van der Waals surface area contributed by atoms with Crippen LogP contribution < -0.4 is 5.32 Å². The highest BCUT2D eigenvalue weighted by Gasteiger charge is 2.64. The molecule has 3 aliphatic rings. The molecule has 0 aromatic heterocycles. The summed E-state index contributed by atoms with van der Waals surface area (Å²) in [6.07, 6.45) is -3.27. The van der Waals surface area contributed by atoms with Gasteiger partial charge in [-0.15, -0.1) is 0 Å². The summed E-state index contributed by atoms with van der Waals surface area (Å²) in [5.74, 6) is -2.84. The molecule has 144 valence electrons. The van der Waals surface area contributed by atoms with Gasteiger partial charge in [-0.25, -0.2) is 0 Å². The Morgan fingerprint density at radius 2 is 2.04 bits per heavy atom. The number of carbonyl (C=O) groups excluding carboxylic acids is 3. The van der Waals surface area contributed by atoms with Crippen LogP contribution in [-0.4, -0.2) is 30.6 Å². The smallest absolute Gasteiger partial charge is 0.416 e. The maximum Gasteiger partial charge on any atom is 0.416 e. The van der Waals surface area contributed by atoms with E-state index in [9.17, 15) is 27.6 Å². The van der Waals surface area contributed by atoms with Crippen molar-refractivity contribution in [2.24, 2.45) is 23.7 Å². The third kappa shape index (κ3) is 3.15. The van der Waals surface area contributed by atoms with Crippen molar-refractivity contribution >= 4 is 23.5 Å². The molecule has 1 saturated heterocycles. The van der Waals surface area contributed by atoms with E-state index in [1.54, 1.807) is 0 Å². The fourth-order valence-electron chi connectivity index (χ4n) is 4.53. The number of amides is 1. The third-order valence-electron chi connectivity index (χ3n) is 5.57. The zero-order valence-corrected chi connectivity index (χ0v) is 14.0. The summed E-state index contributed by atoms with van der Waals surface area (Å²) >= 11 is 0. The molecule has 5 atom stereocenters. The normalized spacial score (nSPS) is 30.9. The molecule has 3 fully saturated rings. The van der Waals surface area contributed by atoms with Crippen molar-refractivity contribution in [1.29, 1.82) is 0 Å². The fraction of sp³-hybridized carbons (Fsp3) is 0.500. The number of ether oxygens (including phenoxy) is 2. The number of halogens is 3. The average Bonchev–Trinajstić information content (AvgIpc) is 3.21. The van der Waals surface area contributed by atoms with Crippen LogP contribution >= 0.6 is 0 Å². The number of anilines is 1. The summed E-state index contributed by atoms with van der Waals surface area (Å²) in [6, 6.07) is 4.16. The first-order valence-corrected chi connectivity index (χ1v) is 8.58. The first-order valence-electron chi connectivity index (χ1n) is 8.58. The van der Waals surface area contributed by atoms with E-state index >= 15 is 0 Å². The number of hydrogen-bond acceptors (Lipinski definition) is 5. The molecular weight excluding hydrogens is 367 g/mol. The maximum absolute atomic E-state index is 12.7. The molecule has 27 heavy (non-hydrogen) atoms. The second-order valence-corrected chi connectivity index (χ2v) is 7.16. The Bertz CT molecular complexity index is 806. The summed E-state index contributed by atoms with van der Waals surface area (Å²) in [4.78, 5) is 36.2. The quantitative estimate of drug-likeness (QED) is 0.808. The molecule has 0 unspecified atom stereocenters. The number of hydrogen-bond donors (Lipinski definition) is 1. The van der Waals surface area contributed by atoms with Crippen LogP contribution in [0.4, 0.5) is 18.9 Å². The van der Waals surface area contributed by atoms with E-state index in [1.165, 1.54) is 12.1 Å². The van der Waals surface area contributed by atoms with Gasteiger partial charge in [0.15, 0.2) is 6.61 Å². The van der Waals surface area contributed by atoms with E-state index in [2.05, 4.69) is 5.32 Å². The standard InChI is InChI=1S/C18H16F3NO5/c19-18(20,21)9-2-1-3-10(6-9)22-13(23)7-26-16(24)14-8-4-11-12(5-8)27-17(25)15(11)14/h1-3,6,8,11-12,14-15H,4-5,7H2,(H,22,23)/t8-,11+,12-,14-,15+/m1/s1. The average molecular weight is 383 g/mol. The van der Waals surface area contributed by atoms with E-state index in [4.69, 9.17) is 9.47 Å². The molecule has 1 amide bonds. The number of carbonyl (C=O) groups is 3. The minimum atomic E-state index is -4.53. The van der Waals surface area contributed by atoms with Gasteiger partial charge in [-0.3, -0.25) is 14.4 Å². The van der Waals surface area contributed by atoms with Gasteiger partial charge in [0, 0.05) is 11.6 Å². The monoisotopic (exact) mass is 383 g/mol. The van der Waals surface area contributed by atoms with Crippen LogP contribution in [0.2, 0.25) is 0 Å². The van der Waals surface area contributed by atoms with Crippen molar-refractivity contribution in [3.05, 3.63) is 29.8 Å². The van der Waals surface area contributed by atoms with Crippen LogP contribution in [-0.2, 0) is 30.0 Å². The Labute approximate surface area is 152 Å². The maximum atomic E-state index is 12.7. The van der Waals surface area contributed by atoms with Crippen LogP contribution in [0.3, 0.4) is 0 Å². The summed E-state index contributed by atoms with van der Waals surface area (Å²) < 4.78 is 48.3. The Morgan fingerprint density at radius 3 is 2.78 bits per heavy atom. The highest BCUT2D eigenvalue weighted by Crippen LogP contribution is 2.57. The summed E-state index contributed by atoms with van der Waals surface area (Å²) in [5.41, 5.74) is -0.943. The Kier molecular flexibility index (Phi) is 4.12. The molecule has 0 spiro atoms. The van der Waals surface area contributed by atoms with Gasteiger partial charge in [-0.1, -0.05) is 6.07 Å². The SMILES string of the molecule is O=C(COC(=O)[C@@H]1[C@@H]2C[C@@H]3[C@@H]1C(=O)O[C@@H]3C2)Nc1cccc(C(F)(F)F)c1. The molecule has 2 aliphatic carbocycles. The predicted molar refractivity (Wildman–Crippen MR) is 84.1 cm³/mol. The minimum Gasteiger partial charge on any atom is -0.462 e. The van der Waals surface area contributed by atoms with Gasteiger partial charge >= 0.3 is 18.1 Å². The first kappa shape index (κ1) is 17.8. The lowest BCUT2D eigenvalue weighted by atomic mass is 9.80. The van der Waals surface area contributed by atoms with E-state index in [0.29, 0.717) is 6.42 Å². The van der Waals surface area contributed by atoms with Gasteiger partial charge in [0.05, 0.1) is 17.4 Å². The number of nitrogens with one attached hydrogen (secondary N) is 1. The Balaban J connectivity index is 1.34. The van der Waals surface area contributed by atoms with Gasteiger partial charge in [-0.2, -0.15) is 13.2 Å². The molecule has 0 radical (unpaired) electrons. The molecule has 2 bridgehead atoms. The molecule has 4 rings (SSSR count). The fourth-order valence-corrected chi connectivity index (χ4v) is 4.53. The van der Waals surface area contributed by atoms with E-state index in [-0.39, 0.29) is 29.6 Å². The zero-order chi connectivity index (χ0) is 19.3. The largest absolute Gasteiger partial charge is 0.462 e. The highest BCUT2D eigenvalue weighted by atomic mass is 19.4. The van der Waals surface area contributed by atoms with E-state index < -0.39 is 42.1 Å². The van der Waals surface area contributed by atoms with Crippen molar-refractivity contribution in [1.82, 2.24) is 0 Å². The minimum absolute atomic E-state index is 0.00970. The number of benzene rings is 1. The Hall–Kier alpha value is -2.58. The van der Waals surface area contributed by atoms with Gasteiger partial charge in [0.25, 0.3) is 5.91 Å². The van der Waals surface area contributed by atoms with Crippen LogP contribution in [0.15, 0.2) is 24.3 Å². The molecule has 1 N–H and O–H groups in total. The summed E-state index contributed by atoms with van der Waals surface area (Å²) in [6.45, 7) is -0.631. The number of alkyl halides is 3. The van der Waals surface area contributed by atoms with Crippen molar-refractivity contribution in [3.8, 4) is 0 Å². The topological polar surface area (TPSA) is 81.7 Å². The third-order valence-corrected chi connectivity index (χ3v) is 5.57. The summed E-state index contributed by atoms with van der Waals surface area (Å²) in [5, 5.41) is 2.27. The molecule has 2 saturated carbocycles. The summed E-state index contributed by atoms with van der Waals surface area (Å²) in [7, 11) is 0. The lowest BCUT2D eigenvalue weighted by Gasteiger charge is -2.22. The van der Waals surface area contributed by atoms with Crippen LogP contribution in [0.5, 0.6) is 0 Å². The second kappa shape index (κ2) is 6.24. The van der Waals surface area contributed by atoms with Gasteiger partial charge < -0.3 is 14.8 Å². The zero-order valence-electron chi connectivity index (χ0n) is 14.0. The van der Waals surface area contributed by atoms with E-state index in [1.807, 2.05) is 0 Å². The molecular formula is C18H16F3NO5. The van der Waals surface area contributed by atoms with Crippen molar-refractivity contribution < 1.29 is 37.0 Å². The first-order chi connectivity index (χ1) is 12.7. The lowest BCUT2D eigenvalue weighted by Crippen LogP contribution is -2.34. The van der Waals surface area contributed by atoms with Crippen LogP contribution in [0.1, 0.15) is 18.4 Å². The van der Waals surface area contributed by atoms with E-state index in [0.717, 1.165) is 18.6 Å². The molecule has 1 aromatic rings. The highest BCUT2D eigenvalue weighted by molar-refractivity contribution is 5.93. The molecule has 1 aromatic carbocycles. The predicted octanol–water partition coefficient (Wildman–Crippen LogP) is 2.38. The van der Waals surface area contributed by atoms with Crippen molar-refractivity contribution in [3.63, 3.8) is 0 Å². The van der Waals surface area contributed by atoms with Crippen molar-refractivity contribution in [2.45, 2.75) is 25.1 Å². The van der Waals surface area contributed by atoms with Gasteiger partial charge in [0.2, 0.25) is 0 Å². The number of fused-ring (bicyclic) bond motifs is 1. The van der Waals surface area contributed by atoms with Gasteiger partial charge in [-0.05, 0) is 37.0 Å². The molecule has 1 heterocycles. The number of rotatable bonds is 4. The van der Waals surface area contributed by atoms with Crippen LogP contribution in [0.25, 0.3) is 0 Å². The van der Waals surface area contributed by atoms with Crippen molar-refractivity contribution in [2.75, 3.05) is 11.9 Å². The molecule has 1 aliphatic heterocycles. The van der Waals surface area contributed by atoms with Gasteiger partial charge in [0.1, 0.15) is 6.10 Å². The van der Waals surface area contributed by atoms with Crippen LogP contribution in [0, 0.1) is 23.7 Å². The molecule has 9 heteroatoms.